The minimum absolute atomic E-state index is 0.175. The number of methoxy groups -OCH3 is 1. The van der Waals surface area contributed by atoms with Crippen LogP contribution in [0.4, 0.5) is 0 Å². The lowest BCUT2D eigenvalue weighted by molar-refractivity contribution is 0.0673. The molecule has 1 N–H and O–H groups in total. The van der Waals surface area contributed by atoms with Crippen molar-refractivity contribution in [1.29, 1.82) is 0 Å². The minimum atomic E-state index is -0.983. The predicted octanol–water partition coefficient (Wildman–Crippen LogP) is 2.11. The number of carbonyl (C=O) groups is 1. The van der Waals surface area contributed by atoms with E-state index in [1.165, 1.54) is 0 Å². The first kappa shape index (κ1) is 12.5. The second kappa shape index (κ2) is 5.51. The number of hydrogen-bond acceptors (Lipinski definition) is 3. The number of benzene rings is 1. The summed E-state index contributed by atoms with van der Waals surface area (Å²) in [5.41, 5.74) is 1.08. The molecule has 0 amide bonds. The van der Waals surface area contributed by atoms with Gasteiger partial charge in [0.15, 0.2) is 0 Å². The maximum atomic E-state index is 11.0. The molecule has 4 heteroatoms. The van der Waals surface area contributed by atoms with Gasteiger partial charge >= 0.3 is 5.97 Å². The quantitative estimate of drug-likeness (QED) is 0.832. The van der Waals surface area contributed by atoms with Crippen molar-refractivity contribution in [2.45, 2.75) is 20.0 Å². The summed E-state index contributed by atoms with van der Waals surface area (Å²) in [6, 6.07) is 5.09. The highest BCUT2D eigenvalue weighted by atomic mass is 16.5. The fourth-order valence-electron chi connectivity index (χ4n) is 1.40. The van der Waals surface area contributed by atoms with E-state index in [9.17, 15) is 4.79 Å². The molecule has 0 heterocycles. The number of ether oxygens (including phenoxy) is 2. The average molecular weight is 224 g/mol. The fraction of sp³-hybridized carbons (Fsp3) is 0.417. The van der Waals surface area contributed by atoms with Crippen LogP contribution in [0.5, 0.6) is 5.75 Å². The smallest absolute Gasteiger partial charge is 0.339 e. The van der Waals surface area contributed by atoms with Gasteiger partial charge in [0.05, 0.1) is 6.61 Å². The third-order valence-electron chi connectivity index (χ3n) is 2.10. The second-order valence-electron chi connectivity index (χ2n) is 3.69. The summed E-state index contributed by atoms with van der Waals surface area (Å²) in [5.74, 6) is -0.606. The molecule has 0 spiro atoms. The Hall–Kier alpha value is -1.55. The van der Waals surface area contributed by atoms with Crippen molar-refractivity contribution in [2.24, 2.45) is 0 Å². The van der Waals surface area contributed by atoms with Gasteiger partial charge in [-0.15, -0.1) is 0 Å². The van der Waals surface area contributed by atoms with E-state index in [-0.39, 0.29) is 11.7 Å². The van der Waals surface area contributed by atoms with Crippen LogP contribution in [0, 0.1) is 6.92 Å². The maximum Gasteiger partial charge on any atom is 0.339 e. The molecule has 0 bridgehead atoms. The van der Waals surface area contributed by atoms with Crippen LogP contribution in [-0.2, 0) is 4.74 Å². The molecule has 0 aliphatic heterocycles. The first-order chi connectivity index (χ1) is 7.54. The highest BCUT2D eigenvalue weighted by Crippen LogP contribution is 2.21. The van der Waals surface area contributed by atoms with Gasteiger partial charge in [0.1, 0.15) is 17.4 Å². The molecule has 0 saturated carbocycles. The molecule has 0 fully saturated rings. The van der Waals surface area contributed by atoms with Gasteiger partial charge in [0.25, 0.3) is 0 Å². The van der Waals surface area contributed by atoms with Crippen molar-refractivity contribution >= 4 is 5.97 Å². The van der Waals surface area contributed by atoms with Crippen molar-refractivity contribution in [2.75, 3.05) is 13.7 Å². The van der Waals surface area contributed by atoms with Gasteiger partial charge in [-0.1, -0.05) is 11.6 Å². The molecule has 1 aromatic carbocycles. The molecule has 0 aliphatic carbocycles. The van der Waals surface area contributed by atoms with Crippen LogP contribution in [0.1, 0.15) is 22.8 Å². The van der Waals surface area contributed by atoms with E-state index in [1.54, 1.807) is 19.2 Å². The number of carboxylic acid groups (broad SMARTS) is 1. The summed E-state index contributed by atoms with van der Waals surface area (Å²) in [5, 5.41) is 9.02. The topological polar surface area (TPSA) is 55.8 Å². The Balaban J connectivity index is 2.90. The Bertz CT molecular complexity index is 373. The monoisotopic (exact) mass is 224 g/mol. The van der Waals surface area contributed by atoms with E-state index in [1.807, 2.05) is 19.9 Å². The molecule has 1 rings (SSSR count). The van der Waals surface area contributed by atoms with E-state index >= 15 is 0 Å². The molecule has 16 heavy (non-hydrogen) atoms. The van der Waals surface area contributed by atoms with Crippen molar-refractivity contribution in [1.82, 2.24) is 0 Å². The minimum Gasteiger partial charge on any atom is -0.487 e. The summed E-state index contributed by atoms with van der Waals surface area (Å²) in [4.78, 5) is 11.0. The van der Waals surface area contributed by atoms with Gasteiger partial charge in [-0.2, -0.15) is 0 Å². The maximum absolute atomic E-state index is 11.0. The first-order valence-corrected chi connectivity index (χ1v) is 5.04. The molecule has 1 atom stereocenters. The number of aromatic carboxylic acids is 1. The lowest BCUT2D eigenvalue weighted by atomic mass is 10.1. The second-order valence-corrected chi connectivity index (χ2v) is 3.69. The molecular formula is C12H16O4. The van der Waals surface area contributed by atoms with E-state index in [0.29, 0.717) is 12.4 Å². The SMILES string of the molecule is COCC(C)Oc1ccc(C)cc1C(=O)O. The normalized spacial score (nSPS) is 12.2. The molecule has 88 valence electrons. The third-order valence-corrected chi connectivity index (χ3v) is 2.10. The molecule has 0 radical (unpaired) electrons. The Morgan fingerprint density at radius 2 is 2.19 bits per heavy atom. The van der Waals surface area contributed by atoms with Gasteiger partial charge in [0.2, 0.25) is 0 Å². The summed E-state index contributed by atoms with van der Waals surface area (Å²) < 4.78 is 10.4. The van der Waals surface area contributed by atoms with Crippen molar-refractivity contribution < 1.29 is 19.4 Å². The van der Waals surface area contributed by atoms with E-state index in [2.05, 4.69) is 0 Å². The molecule has 0 aromatic heterocycles. The van der Waals surface area contributed by atoms with Crippen molar-refractivity contribution in [3.05, 3.63) is 29.3 Å². The standard InChI is InChI=1S/C12H16O4/c1-8-4-5-11(10(6-8)12(13)14)16-9(2)7-15-3/h4-6,9H,7H2,1-3H3,(H,13,14). The van der Waals surface area contributed by atoms with Crippen LogP contribution in [0.3, 0.4) is 0 Å². The highest BCUT2D eigenvalue weighted by molar-refractivity contribution is 5.91. The Morgan fingerprint density at radius 3 is 2.75 bits per heavy atom. The molecular weight excluding hydrogens is 208 g/mol. The van der Waals surface area contributed by atoms with Crippen LogP contribution in [0.2, 0.25) is 0 Å². The zero-order valence-corrected chi connectivity index (χ0v) is 9.69. The lowest BCUT2D eigenvalue weighted by Gasteiger charge is -2.15. The van der Waals surface area contributed by atoms with Crippen LogP contribution >= 0.6 is 0 Å². The van der Waals surface area contributed by atoms with Crippen LogP contribution in [-0.4, -0.2) is 30.9 Å². The van der Waals surface area contributed by atoms with Crippen LogP contribution < -0.4 is 4.74 Å². The largest absolute Gasteiger partial charge is 0.487 e. The number of rotatable bonds is 5. The van der Waals surface area contributed by atoms with Gasteiger partial charge in [-0.3, -0.25) is 0 Å². The Kier molecular flexibility index (Phi) is 4.31. The molecule has 0 saturated heterocycles. The predicted molar refractivity (Wildman–Crippen MR) is 60.1 cm³/mol. The van der Waals surface area contributed by atoms with Gasteiger partial charge in [-0.05, 0) is 26.0 Å². The Morgan fingerprint density at radius 1 is 1.50 bits per heavy atom. The molecule has 4 nitrogen and oxygen atoms in total. The highest BCUT2D eigenvalue weighted by Gasteiger charge is 2.13. The number of hydrogen-bond donors (Lipinski definition) is 1. The van der Waals surface area contributed by atoms with Gasteiger partial charge in [-0.25, -0.2) is 4.79 Å². The van der Waals surface area contributed by atoms with Crippen LogP contribution in [0.25, 0.3) is 0 Å². The molecule has 0 aliphatic rings. The van der Waals surface area contributed by atoms with Crippen molar-refractivity contribution in [3.8, 4) is 5.75 Å². The summed E-state index contributed by atoms with van der Waals surface area (Å²) >= 11 is 0. The van der Waals surface area contributed by atoms with E-state index in [0.717, 1.165) is 5.56 Å². The molecule has 1 unspecified atom stereocenters. The Labute approximate surface area is 94.8 Å². The zero-order chi connectivity index (χ0) is 12.1. The summed E-state index contributed by atoms with van der Waals surface area (Å²) in [6.45, 7) is 4.09. The van der Waals surface area contributed by atoms with Crippen LogP contribution in [0.15, 0.2) is 18.2 Å². The van der Waals surface area contributed by atoms with Crippen molar-refractivity contribution in [3.63, 3.8) is 0 Å². The zero-order valence-electron chi connectivity index (χ0n) is 9.69. The first-order valence-electron chi connectivity index (χ1n) is 5.04. The summed E-state index contributed by atoms with van der Waals surface area (Å²) in [7, 11) is 1.58. The van der Waals surface area contributed by atoms with Gasteiger partial charge < -0.3 is 14.6 Å². The number of aryl methyl sites for hydroxylation is 1. The van der Waals surface area contributed by atoms with Gasteiger partial charge in [0, 0.05) is 7.11 Å². The average Bonchev–Trinajstić information content (AvgIpc) is 2.20. The number of carboxylic acids is 1. The van der Waals surface area contributed by atoms with E-state index < -0.39 is 5.97 Å². The fourth-order valence-corrected chi connectivity index (χ4v) is 1.40. The summed E-state index contributed by atoms with van der Waals surface area (Å²) in [6.07, 6.45) is -0.175. The third kappa shape index (κ3) is 3.24. The molecule has 1 aromatic rings. The lowest BCUT2D eigenvalue weighted by Crippen LogP contribution is -2.19. The van der Waals surface area contributed by atoms with E-state index in [4.69, 9.17) is 14.6 Å².